The highest BCUT2D eigenvalue weighted by Gasteiger charge is 2.49. The zero-order valence-corrected chi connectivity index (χ0v) is 14.6. The number of carbonyl (C=O) groups excluding carboxylic acids is 1. The van der Waals surface area contributed by atoms with Crippen molar-refractivity contribution in [1.29, 1.82) is 0 Å². The number of hydrazine groups is 1. The standard InChI is InChI=1S/C18H25N5O/c1-21(2)23-17(24)19-12-18(23)10-8-13(9-11-18)16-20-14-6-4-5-7-15(14)22(16)3/h4-7,13H,8-12H2,1-3H3,(H,19,24). The van der Waals surface area contributed by atoms with Gasteiger partial charge in [0, 0.05) is 33.6 Å². The van der Waals surface area contributed by atoms with E-state index in [4.69, 9.17) is 4.98 Å². The molecule has 2 amide bonds. The summed E-state index contributed by atoms with van der Waals surface area (Å²) in [6.07, 6.45) is 4.16. The predicted molar refractivity (Wildman–Crippen MR) is 93.6 cm³/mol. The van der Waals surface area contributed by atoms with E-state index in [0.29, 0.717) is 5.92 Å². The second-order valence-corrected chi connectivity index (χ2v) is 7.33. The van der Waals surface area contributed by atoms with Crippen molar-refractivity contribution in [3.63, 3.8) is 0 Å². The minimum Gasteiger partial charge on any atom is -0.334 e. The Morgan fingerprint density at radius 3 is 2.62 bits per heavy atom. The zero-order valence-electron chi connectivity index (χ0n) is 14.6. The molecule has 24 heavy (non-hydrogen) atoms. The van der Waals surface area contributed by atoms with Gasteiger partial charge in [0.05, 0.1) is 16.6 Å². The quantitative estimate of drug-likeness (QED) is 0.922. The van der Waals surface area contributed by atoms with Gasteiger partial charge >= 0.3 is 6.03 Å². The highest BCUT2D eigenvalue weighted by atomic mass is 16.2. The van der Waals surface area contributed by atoms with E-state index in [0.717, 1.165) is 37.7 Å². The third-order valence-corrected chi connectivity index (χ3v) is 5.71. The number of hydrogen-bond donors (Lipinski definition) is 1. The van der Waals surface area contributed by atoms with Crippen LogP contribution in [0.25, 0.3) is 11.0 Å². The lowest BCUT2D eigenvalue weighted by Crippen LogP contribution is -2.55. The van der Waals surface area contributed by atoms with Crippen LogP contribution in [0.1, 0.15) is 37.4 Å². The molecule has 6 heteroatoms. The minimum atomic E-state index is -0.0678. The molecule has 128 valence electrons. The van der Waals surface area contributed by atoms with Crippen LogP contribution in [0.4, 0.5) is 4.79 Å². The number of fused-ring (bicyclic) bond motifs is 1. The van der Waals surface area contributed by atoms with E-state index in [1.165, 1.54) is 11.3 Å². The fraction of sp³-hybridized carbons (Fsp3) is 0.556. The zero-order chi connectivity index (χ0) is 16.9. The van der Waals surface area contributed by atoms with Crippen LogP contribution >= 0.6 is 0 Å². The monoisotopic (exact) mass is 327 g/mol. The molecule has 0 radical (unpaired) electrons. The molecule has 6 nitrogen and oxygen atoms in total. The smallest absolute Gasteiger partial charge is 0.332 e. The fourth-order valence-electron chi connectivity index (χ4n) is 4.54. The number of nitrogens with one attached hydrogen (secondary N) is 1. The summed E-state index contributed by atoms with van der Waals surface area (Å²) in [6, 6.07) is 8.34. The van der Waals surface area contributed by atoms with Crippen LogP contribution in [-0.2, 0) is 7.05 Å². The molecule has 2 fully saturated rings. The largest absolute Gasteiger partial charge is 0.334 e. The van der Waals surface area contributed by atoms with Crippen molar-refractivity contribution in [3.05, 3.63) is 30.1 Å². The Hall–Kier alpha value is -2.08. The van der Waals surface area contributed by atoms with Crippen LogP contribution in [0, 0.1) is 0 Å². The van der Waals surface area contributed by atoms with E-state index in [9.17, 15) is 4.79 Å². The molecule has 0 bridgehead atoms. The van der Waals surface area contributed by atoms with Crippen LogP contribution < -0.4 is 5.32 Å². The number of imidazole rings is 1. The van der Waals surface area contributed by atoms with E-state index in [1.807, 2.05) is 30.2 Å². The van der Waals surface area contributed by atoms with E-state index in [1.54, 1.807) is 0 Å². The normalized spacial score (nSPS) is 27.4. The van der Waals surface area contributed by atoms with Gasteiger partial charge in [-0.05, 0) is 37.8 Å². The number of hydrogen-bond acceptors (Lipinski definition) is 3. The summed E-state index contributed by atoms with van der Waals surface area (Å²) in [5.41, 5.74) is 2.20. The molecule has 0 atom stereocenters. The third kappa shape index (κ3) is 2.20. The number of benzene rings is 1. The van der Waals surface area contributed by atoms with Gasteiger partial charge in [0.2, 0.25) is 0 Å². The Labute approximate surface area is 142 Å². The summed E-state index contributed by atoms with van der Waals surface area (Å²) in [7, 11) is 6.01. The van der Waals surface area contributed by atoms with Gasteiger partial charge in [-0.1, -0.05) is 12.1 Å². The lowest BCUT2D eigenvalue weighted by Gasteiger charge is -2.44. The first kappa shape index (κ1) is 15.4. The number of nitrogens with zero attached hydrogens (tertiary/aromatic N) is 4. The molecular formula is C18H25N5O. The molecule has 1 saturated heterocycles. The first-order valence-corrected chi connectivity index (χ1v) is 8.68. The summed E-state index contributed by atoms with van der Waals surface area (Å²) in [5, 5.41) is 6.87. The number of rotatable bonds is 2. The summed E-state index contributed by atoms with van der Waals surface area (Å²) < 4.78 is 2.24. The van der Waals surface area contributed by atoms with E-state index >= 15 is 0 Å². The molecular weight excluding hydrogens is 302 g/mol. The van der Waals surface area contributed by atoms with Gasteiger partial charge in [0.15, 0.2) is 0 Å². The second-order valence-electron chi connectivity index (χ2n) is 7.33. The number of para-hydroxylation sites is 2. The first-order valence-electron chi connectivity index (χ1n) is 8.68. The maximum atomic E-state index is 12.2. The fourth-order valence-corrected chi connectivity index (χ4v) is 4.54. The SMILES string of the molecule is CN(C)N1C(=O)NCC12CCC(c1nc3ccccc3n1C)CC2. The van der Waals surface area contributed by atoms with E-state index < -0.39 is 0 Å². The Kier molecular flexibility index (Phi) is 3.53. The Morgan fingerprint density at radius 2 is 1.96 bits per heavy atom. The van der Waals surface area contributed by atoms with Gasteiger partial charge in [0.25, 0.3) is 0 Å². The average Bonchev–Trinajstić information content (AvgIpc) is 3.07. The van der Waals surface area contributed by atoms with Crippen LogP contribution in [0.15, 0.2) is 24.3 Å². The predicted octanol–water partition coefficient (Wildman–Crippen LogP) is 2.47. The lowest BCUT2D eigenvalue weighted by molar-refractivity contribution is -0.0267. The summed E-state index contributed by atoms with van der Waals surface area (Å²) in [4.78, 5) is 17.0. The van der Waals surface area contributed by atoms with Crippen molar-refractivity contribution < 1.29 is 4.79 Å². The van der Waals surface area contributed by atoms with Crippen LogP contribution in [-0.4, -0.2) is 51.8 Å². The van der Waals surface area contributed by atoms with Crippen LogP contribution in [0.3, 0.4) is 0 Å². The van der Waals surface area contributed by atoms with Gasteiger partial charge in [-0.2, -0.15) is 0 Å². The number of aromatic nitrogens is 2. The minimum absolute atomic E-state index is 0.0289. The Bertz CT molecular complexity index is 773. The lowest BCUT2D eigenvalue weighted by atomic mass is 9.76. The van der Waals surface area contributed by atoms with Crippen molar-refractivity contribution >= 4 is 17.1 Å². The molecule has 1 N–H and O–H groups in total. The van der Waals surface area contributed by atoms with Crippen LogP contribution in [0.5, 0.6) is 0 Å². The van der Waals surface area contributed by atoms with Crippen molar-refractivity contribution in [2.24, 2.45) is 7.05 Å². The molecule has 1 aliphatic carbocycles. The molecule has 4 rings (SSSR count). The number of urea groups is 1. The summed E-state index contributed by atoms with van der Waals surface area (Å²) >= 11 is 0. The molecule has 1 aromatic heterocycles. The van der Waals surface area contributed by atoms with Gasteiger partial charge in [-0.3, -0.25) is 0 Å². The molecule has 2 aromatic rings. The summed E-state index contributed by atoms with van der Waals surface area (Å²) in [5.74, 6) is 1.65. The number of carbonyl (C=O) groups is 1. The van der Waals surface area contributed by atoms with Crippen molar-refractivity contribution in [1.82, 2.24) is 24.9 Å². The number of aryl methyl sites for hydroxylation is 1. The molecule has 1 saturated carbocycles. The Balaban J connectivity index is 1.57. The van der Waals surface area contributed by atoms with E-state index in [-0.39, 0.29) is 11.6 Å². The topological polar surface area (TPSA) is 53.4 Å². The molecule has 2 heterocycles. The molecule has 1 aliphatic heterocycles. The molecule has 0 unspecified atom stereocenters. The van der Waals surface area contributed by atoms with Gasteiger partial charge in [0.1, 0.15) is 5.82 Å². The van der Waals surface area contributed by atoms with Gasteiger partial charge in [-0.15, -0.1) is 0 Å². The van der Waals surface area contributed by atoms with Crippen molar-refractivity contribution in [2.45, 2.75) is 37.1 Å². The Morgan fingerprint density at radius 1 is 1.25 bits per heavy atom. The highest BCUT2D eigenvalue weighted by Crippen LogP contribution is 2.42. The number of amides is 2. The van der Waals surface area contributed by atoms with Crippen molar-refractivity contribution in [2.75, 3.05) is 20.6 Å². The molecule has 1 aromatic carbocycles. The average molecular weight is 327 g/mol. The summed E-state index contributed by atoms with van der Waals surface area (Å²) in [6.45, 7) is 0.749. The highest BCUT2D eigenvalue weighted by molar-refractivity contribution is 5.77. The maximum Gasteiger partial charge on any atom is 0.332 e. The van der Waals surface area contributed by atoms with E-state index in [2.05, 4.69) is 35.1 Å². The maximum absolute atomic E-state index is 12.2. The second kappa shape index (κ2) is 5.48. The van der Waals surface area contributed by atoms with Gasteiger partial charge in [-0.25, -0.2) is 19.8 Å². The first-order chi connectivity index (χ1) is 11.5. The van der Waals surface area contributed by atoms with Gasteiger partial charge < -0.3 is 9.88 Å². The third-order valence-electron chi connectivity index (χ3n) is 5.71. The van der Waals surface area contributed by atoms with Crippen LogP contribution in [0.2, 0.25) is 0 Å². The molecule has 2 aliphatic rings. The van der Waals surface area contributed by atoms with Crippen molar-refractivity contribution in [3.8, 4) is 0 Å². The molecule has 1 spiro atoms.